The fourth-order valence-corrected chi connectivity index (χ4v) is 3.38. The molecule has 1 atom stereocenters. The second kappa shape index (κ2) is 8.25. The van der Waals surface area contributed by atoms with Crippen LogP contribution in [0.3, 0.4) is 0 Å². The third kappa shape index (κ3) is 4.66. The van der Waals surface area contributed by atoms with Gasteiger partial charge in [0.1, 0.15) is 11.5 Å². The average molecular weight is 344 g/mol. The molecule has 5 nitrogen and oxygen atoms in total. The summed E-state index contributed by atoms with van der Waals surface area (Å²) in [5, 5.41) is 6.57. The Hall–Kier alpha value is -2.21. The predicted molar refractivity (Wildman–Crippen MR) is 94.6 cm³/mol. The molecule has 0 spiro atoms. The Labute approximate surface area is 147 Å². The maximum absolute atomic E-state index is 14.0. The van der Waals surface area contributed by atoms with E-state index < -0.39 is 0 Å². The van der Waals surface area contributed by atoms with Crippen molar-refractivity contribution >= 4 is 5.91 Å². The van der Waals surface area contributed by atoms with Gasteiger partial charge >= 0.3 is 0 Å². The van der Waals surface area contributed by atoms with Crippen molar-refractivity contribution in [1.82, 2.24) is 20.0 Å². The van der Waals surface area contributed by atoms with Crippen LogP contribution in [0, 0.1) is 11.7 Å². The topological polar surface area (TPSA) is 52.2 Å². The van der Waals surface area contributed by atoms with Gasteiger partial charge in [0.15, 0.2) is 0 Å². The summed E-state index contributed by atoms with van der Waals surface area (Å²) >= 11 is 0. The van der Waals surface area contributed by atoms with Gasteiger partial charge in [-0.2, -0.15) is 5.10 Å². The summed E-state index contributed by atoms with van der Waals surface area (Å²) in [5.41, 5.74) is 0.964. The van der Waals surface area contributed by atoms with Gasteiger partial charge in [-0.1, -0.05) is 25.1 Å². The van der Waals surface area contributed by atoms with E-state index in [2.05, 4.69) is 22.0 Å². The Morgan fingerprint density at radius 3 is 2.96 bits per heavy atom. The quantitative estimate of drug-likeness (QED) is 0.877. The molecule has 1 unspecified atom stereocenters. The number of carbonyl (C=O) groups excluding carboxylic acids is 1. The lowest BCUT2D eigenvalue weighted by Gasteiger charge is -2.33. The molecule has 1 N–H and O–H groups in total. The molecule has 0 aliphatic carbocycles. The van der Waals surface area contributed by atoms with Crippen molar-refractivity contribution < 1.29 is 9.18 Å². The average Bonchev–Trinajstić information content (AvgIpc) is 3.14. The zero-order chi connectivity index (χ0) is 17.6. The van der Waals surface area contributed by atoms with Gasteiger partial charge in [0.25, 0.3) is 5.91 Å². The van der Waals surface area contributed by atoms with Gasteiger partial charge in [-0.15, -0.1) is 0 Å². The van der Waals surface area contributed by atoms with Crippen LogP contribution in [0.15, 0.2) is 36.5 Å². The van der Waals surface area contributed by atoms with Crippen molar-refractivity contribution in [2.45, 2.75) is 26.3 Å². The highest BCUT2D eigenvalue weighted by Crippen LogP contribution is 2.16. The van der Waals surface area contributed by atoms with Crippen molar-refractivity contribution in [1.29, 1.82) is 0 Å². The van der Waals surface area contributed by atoms with Crippen LogP contribution in [0.25, 0.3) is 0 Å². The van der Waals surface area contributed by atoms with E-state index in [0.29, 0.717) is 23.7 Å². The number of amides is 1. The van der Waals surface area contributed by atoms with Gasteiger partial charge < -0.3 is 9.80 Å². The number of benzene rings is 1. The standard InChI is InChI=1S/C19H25FN4O/c1-15-5-4-10-23(13-15)11-12-24(19(25)18-8-9-21-22-18)14-16-6-2-3-7-17(16)20/h2-3,6-9,15H,4-5,10-14H2,1H3,(H,21,22). The number of likely N-dealkylation sites (tertiary alicyclic amines) is 1. The Kier molecular flexibility index (Phi) is 5.81. The smallest absolute Gasteiger partial charge is 0.272 e. The number of piperidine rings is 1. The van der Waals surface area contributed by atoms with Gasteiger partial charge in [0.2, 0.25) is 0 Å². The fraction of sp³-hybridized carbons (Fsp3) is 0.474. The second-order valence-corrected chi connectivity index (χ2v) is 6.84. The largest absolute Gasteiger partial charge is 0.332 e. The first kappa shape index (κ1) is 17.6. The van der Waals surface area contributed by atoms with Gasteiger partial charge in [0.05, 0.1) is 0 Å². The van der Waals surface area contributed by atoms with E-state index in [4.69, 9.17) is 0 Å². The first-order chi connectivity index (χ1) is 12.1. The highest BCUT2D eigenvalue weighted by atomic mass is 19.1. The second-order valence-electron chi connectivity index (χ2n) is 6.84. The molecule has 3 rings (SSSR count). The molecule has 6 heteroatoms. The first-order valence-corrected chi connectivity index (χ1v) is 8.88. The van der Waals surface area contributed by atoms with Crippen LogP contribution in [-0.4, -0.2) is 52.1 Å². The van der Waals surface area contributed by atoms with Crippen LogP contribution in [-0.2, 0) is 6.54 Å². The van der Waals surface area contributed by atoms with Crippen LogP contribution in [0.4, 0.5) is 4.39 Å². The lowest BCUT2D eigenvalue weighted by molar-refractivity contribution is 0.0699. The number of hydrogen-bond acceptors (Lipinski definition) is 3. The monoisotopic (exact) mass is 344 g/mol. The number of aromatic amines is 1. The zero-order valence-corrected chi connectivity index (χ0v) is 14.6. The first-order valence-electron chi connectivity index (χ1n) is 8.88. The molecule has 2 aromatic rings. The number of rotatable bonds is 6. The number of aromatic nitrogens is 2. The van der Waals surface area contributed by atoms with Gasteiger partial charge in [0, 0.05) is 37.9 Å². The van der Waals surface area contributed by atoms with Gasteiger partial charge in [-0.3, -0.25) is 9.89 Å². The molecule has 1 aromatic carbocycles. The van der Waals surface area contributed by atoms with Crippen LogP contribution in [0.2, 0.25) is 0 Å². The Balaban J connectivity index is 1.70. The molecule has 1 aliphatic rings. The summed E-state index contributed by atoms with van der Waals surface area (Å²) in [6.07, 6.45) is 4.02. The van der Waals surface area contributed by atoms with Crippen molar-refractivity contribution in [3.05, 3.63) is 53.6 Å². The lowest BCUT2D eigenvalue weighted by Crippen LogP contribution is -2.42. The van der Waals surface area contributed by atoms with Crippen LogP contribution < -0.4 is 0 Å². The van der Waals surface area contributed by atoms with Crippen LogP contribution in [0.5, 0.6) is 0 Å². The molecular weight excluding hydrogens is 319 g/mol. The van der Waals surface area contributed by atoms with Gasteiger partial charge in [-0.05, 0) is 37.4 Å². The number of H-pyrrole nitrogens is 1. The summed E-state index contributed by atoms with van der Waals surface area (Å²) in [7, 11) is 0. The van der Waals surface area contributed by atoms with Crippen molar-refractivity contribution in [2.24, 2.45) is 5.92 Å². The highest BCUT2D eigenvalue weighted by Gasteiger charge is 2.21. The molecule has 1 saturated heterocycles. The Morgan fingerprint density at radius 1 is 1.40 bits per heavy atom. The minimum absolute atomic E-state index is 0.147. The number of carbonyl (C=O) groups is 1. The van der Waals surface area contributed by atoms with E-state index in [1.165, 1.54) is 18.9 Å². The number of hydrogen-bond donors (Lipinski definition) is 1. The molecule has 2 heterocycles. The molecule has 25 heavy (non-hydrogen) atoms. The van der Waals surface area contributed by atoms with E-state index in [9.17, 15) is 9.18 Å². The predicted octanol–water partition coefficient (Wildman–Crippen LogP) is 2.92. The minimum atomic E-state index is -0.281. The summed E-state index contributed by atoms with van der Waals surface area (Å²) in [5.74, 6) is 0.263. The van der Waals surface area contributed by atoms with E-state index in [1.807, 2.05) is 0 Å². The fourth-order valence-electron chi connectivity index (χ4n) is 3.38. The SMILES string of the molecule is CC1CCCN(CCN(Cc2ccccc2F)C(=O)c2ccn[nH]2)C1. The Morgan fingerprint density at radius 2 is 2.24 bits per heavy atom. The molecule has 0 bridgehead atoms. The number of nitrogens with zero attached hydrogens (tertiary/aromatic N) is 3. The third-order valence-corrected chi connectivity index (χ3v) is 4.76. The van der Waals surface area contributed by atoms with Crippen LogP contribution >= 0.6 is 0 Å². The third-order valence-electron chi connectivity index (χ3n) is 4.76. The molecule has 134 valence electrons. The van der Waals surface area contributed by atoms with Gasteiger partial charge in [-0.25, -0.2) is 4.39 Å². The lowest BCUT2D eigenvalue weighted by atomic mass is 10.0. The van der Waals surface area contributed by atoms with E-state index >= 15 is 0 Å². The van der Waals surface area contributed by atoms with E-state index in [1.54, 1.807) is 35.4 Å². The molecule has 1 aliphatic heterocycles. The summed E-state index contributed by atoms with van der Waals surface area (Å²) in [6, 6.07) is 8.27. The van der Waals surface area contributed by atoms with Crippen molar-refractivity contribution in [2.75, 3.05) is 26.2 Å². The zero-order valence-electron chi connectivity index (χ0n) is 14.6. The maximum Gasteiger partial charge on any atom is 0.272 e. The number of halogens is 1. The van der Waals surface area contributed by atoms with Crippen LogP contribution in [0.1, 0.15) is 35.8 Å². The Bertz CT molecular complexity index is 688. The highest BCUT2D eigenvalue weighted by molar-refractivity contribution is 5.92. The maximum atomic E-state index is 14.0. The molecular formula is C19H25FN4O. The number of nitrogens with one attached hydrogen (secondary N) is 1. The molecule has 1 aromatic heterocycles. The molecule has 1 fully saturated rings. The van der Waals surface area contributed by atoms with E-state index in [-0.39, 0.29) is 18.3 Å². The summed E-state index contributed by atoms with van der Waals surface area (Å²) < 4.78 is 14.0. The minimum Gasteiger partial charge on any atom is -0.332 e. The molecule has 0 saturated carbocycles. The van der Waals surface area contributed by atoms with E-state index in [0.717, 1.165) is 19.6 Å². The van der Waals surface area contributed by atoms with Crippen molar-refractivity contribution in [3.8, 4) is 0 Å². The summed E-state index contributed by atoms with van der Waals surface area (Å²) in [4.78, 5) is 16.9. The normalized spacial score (nSPS) is 18.2. The molecule has 1 amide bonds. The van der Waals surface area contributed by atoms with Crippen molar-refractivity contribution in [3.63, 3.8) is 0 Å². The summed E-state index contributed by atoms with van der Waals surface area (Å²) in [6.45, 7) is 6.02. The molecule has 0 radical (unpaired) electrons.